The van der Waals surface area contributed by atoms with Crippen molar-refractivity contribution in [3.8, 4) is 0 Å². The van der Waals surface area contributed by atoms with E-state index >= 15 is 0 Å². The van der Waals surface area contributed by atoms with Gasteiger partial charge in [-0.2, -0.15) is 0 Å². The number of barbiturate groups is 1. The number of hydrogen-bond donors (Lipinski definition) is 1. The van der Waals surface area contributed by atoms with Gasteiger partial charge in [-0.05, 0) is 39.7 Å². The summed E-state index contributed by atoms with van der Waals surface area (Å²) in [7, 11) is 3.82. The summed E-state index contributed by atoms with van der Waals surface area (Å²) in [5, 5.41) is 2.15. The molecule has 0 radical (unpaired) electrons. The molecule has 0 bridgehead atoms. The van der Waals surface area contributed by atoms with Crippen LogP contribution in [0.25, 0.3) is 6.08 Å². The fourth-order valence-electron chi connectivity index (χ4n) is 2.13. The second-order valence-electron chi connectivity index (χ2n) is 5.13. The fraction of sp³-hybridized carbons (Fsp3) is 0.188. The number of rotatable bonds is 4. The molecule has 1 N–H and O–H groups in total. The zero-order valence-corrected chi connectivity index (χ0v) is 14.4. The summed E-state index contributed by atoms with van der Waals surface area (Å²) in [6.07, 6.45) is 2.89. The van der Waals surface area contributed by atoms with E-state index in [1.54, 1.807) is 12.1 Å². The molecular weight excluding hydrogens is 362 g/mol. The molecule has 2 rings (SSSR count). The van der Waals surface area contributed by atoms with Gasteiger partial charge in [0.15, 0.2) is 0 Å². The minimum absolute atomic E-state index is 0.0402. The van der Waals surface area contributed by atoms with E-state index in [2.05, 4.69) is 27.8 Å². The number of nitrogens with one attached hydrogen (secondary N) is 1. The number of carbonyl (C=O) groups is 3. The van der Waals surface area contributed by atoms with Gasteiger partial charge in [-0.3, -0.25) is 19.8 Å². The number of imide groups is 2. The molecule has 0 unspecified atom stereocenters. The van der Waals surface area contributed by atoms with E-state index in [1.165, 1.54) is 12.2 Å². The van der Waals surface area contributed by atoms with Gasteiger partial charge in [0, 0.05) is 25.1 Å². The Kier molecular flexibility index (Phi) is 5.00. The first-order valence-corrected chi connectivity index (χ1v) is 7.61. The van der Waals surface area contributed by atoms with Crippen molar-refractivity contribution in [1.29, 1.82) is 0 Å². The van der Waals surface area contributed by atoms with Crippen molar-refractivity contribution >= 4 is 45.5 Å². The summed E-state index contributed by atoms with van der Waals surface area (Å²) < 4.78 is 0.833. The number of benzene rings is 1. The SMILES string of the molecule is C=CCN1C(=O)NC(=O)/C(=C/c2ccc(N(C)C)c(Br)c2)C1=O. The van der Waals surface area contributed by atoms with Crippen LogP contribution in [-0.4, -0.2) is 43.4 Å². The van der Waals surface area contributed by atoms with Crippen LogP contribution in [0.3, 0.4) is 0 Å². The molecule has 1 aliphatic rings. The first-order chi connectivity index (χ1) is 10.8. The highest BCUT2D eigenvalue weighted by molar-refractivity contribution is 9.10. The molecule has 6 nitrogen and oxygen atoms in total. The Morgan fingerprint density at radius 1 is 1.30 bits per heavy atom. The number of anilines is 1. The van der Waals surface area contributed by atoms with Gasteiger partial charge in [-0.25, -0.2) is 4.79 Å². The quantitative estimate of drug-likeness (QED) is 0.495. The van der Waals surface area contributed by atoms with E-state index in [0.29, 0.717) is 5.56 Å². The third-order valence-corrected chi connectivity index (χ3v) is 3.90. The molecule has 1 aromatic rings. The van der Waals surface area contributed by atoms with E-state index in [9.17, 15) is 14.4 Å². The van der Waals surface area contributed by atoms with Crippen molar-refractivity contribution in [1.82, 2.24) is 10.2 Å². The molecule has 0 aliphatic carbocycles. The molecule has 1 aliphatic heterocycles. The molecular formula is C16H16BrN3O3. The predicted molar refractivity (Wildman–Crippen MR) is 91.9 cm³/mol. The van der Waals surface area contributed by atoms with E-state index in [0.717, 1.165) is 15.1 Å². The number of carbonyl (C=O) groups excluding carboxylic acids is 3. The Labute approximate surface area is 142 Å². The summed E-state index contributed by atoms with van der Waals surface area (Å²) >= 11 is 3.45. The van der Waals surface area contributed by atoms with Crippen LogP contribution in [0.1, 0.15) is 5.56 Å². The Morgan fingerprint density at radius 3 is 2.57 bits per heavy atom. The van der Waals surface area contributed by atoms with E-state index < -0.39 is 17.8 Å². The van der Waals surface area contributed by atoms with Gasteiger partial charge in [0.05, 0.1) is 5.69 Å². The lowest BCUT2D eigenvalue weighted by Gasteiger charge is -2.25. The average molecular weight is 378 g/mol. The summed E-state index contributed by atoms with van der Waals surface area (Å²) in [6.45, 7) is 3.54. The average Bonchev–Trinajstić information content (AvgIpc) is 2.47. The van der Waals surface area contributed by atoms with Crippen LogP contribution < -0.4 is 10.2 Å². The van der Waals surface area contributed by atoms with Crippen molar-refractivity contribution in [3.63, 3.8) is 0 Å². The van der Waals surface area contributed by atoms with Gasteiger partial charge in [-0.1, -0.05) is 12.1 Å². The van der Waals surface area contributed by atoms with Crippen LogP contribution in [0.2, 0.25) is 0 Å². The van der Waals surface area contributed by atoms with E-state index in [4.69, 9.17) is 0 Å². The third kappa shape index (κ3) is 3.50. The normalized spacial score (nSPS) is 16.6. The third-order valence-electron chi connectivity index (χ3n) is 3.26. The van der Waals surface area contributed by atoms with E-state index in [1.807, 2.05) is 25.1 Å². The van der Waals surface area contributed by atoms with Crippen LogP contribution in [-0.2, 0) is 9.59 Å². The van der Waals surface area contributed by atoms with E-state index in [-0.39, 0.29) is 12.1 Å². The molecule has 1 heterocycles. The van der Waals surface area contributed by atoms with Gasteiger partial charge in [0.2, 0.25) is 0 Å². The van der Waals surface area contributed by atoms with Gasteiger partial charge < -0.3 is 4.90 Å². The Balaban J connectivity index is 2.39. The van der Waals surface area contributed by atoms with Crippen LogP contribution >= 0.6 is 15.9 Å². The zero-order valence-electron chi connectivity index (χ0n) is 12.8. The highest BCUT2D eigenvalue weighted by Crippen LogP contribution is 2.27. The highest BCUT2D eigenvalue weighted by atomic mass is 79.9. The monoisotopic (exact) mass is 377 g/mol. The Bertz CT molecular complexity index is 725. The molecule has 7 heteroatoms. The van der Waals surface area contributed by atoms with Gasteiger partial charge in [-0.15, -0.1) is 6.58 Å². The lowest BCUT2D eigenvalue weighted by molar-refractivity contribution is -0.129. The van der Waals surface area contributed by atoms with Gasteiger partial charge >= 0.3 is 6.03 Å². The second-order valence-corrected chi connectivity index (χ2v) is 5.98. The maximum Gasteiger partial charge on any atom is 0.331 e. The maximum absolute atomic E-state index is 12.3. The smallest absolute Gasteiger partial charge is 0.331 e. The largest absolute Gasteiger partial charge is 0.377 e. The predicted octanol–water partition coefficient (Wildman–Crippen LogP) is 2.16. The molecule has 23 heavy (non-hydrogen) atoms. The zero-order chi connectivity index (χ0) is 17.1. The number of hydrogen-bond acceptors (Lipinski definition) is 4. The summed E-state index contributed by atoms with van der Waals surface area (Å²) in [5.41, 5.74) is 1.56. The maximum atomic E-state index is 12.3. The standard InChI is InChI=1S/C16H16BrN3O3/c1-4-7-20-15(22)11(14(21)18-16(20)23)8-10-5-6-13(19(2)3)12(17)9-10/h4-6,8-9H,1,7H2,2-3H3,(H,18,21,23)/b11-8-. The summed E-state index contributed by atoms with van der Waals surface area (Å²) in [5.74, 6) is -1.33. The molecule has 0 saturated carbocycles. The number of amides is 4. The van der Waals surface area contributed by atoms with Gasteiger partial charge in [0.1, 0.15) is 5.57 Å². The molecule has 0 spiro atoms. The fourth-order valence-corrected chi connectivity index (χ4v) is 2.88. The van der Waals surface area contributed by atoms with Crippen molar-refractivity contribution < 1.29 is 14.4 Å². The van der Waals surface area contributed by atoms with Crippen LogP contribution in [0.5, 0.6) is 0 Å². The lowest BCUT2D eigenvalue weighted by atomic mass is 10.1. The van der Waals surface area contributed by atoms with Crippen molar-refractivity contribution in [3.05, 3.63) is 46.5 Å². The van der Waals surface area contributed by atoms with Crippen LogP contribution in [0.4, 0.5) is 10.5 Å². The van der Waals surface area contributed by atoms with Crippen LogP contribution in [0.15, 0.2) is 40.9 Å². The molecule has 120 valence electrons. The second kappa shape index (κ2) is 6.78. The Morgan fingerprint density at radius 2 is 2.00 bits per heavy atom. The first kappa shape index (κ1) is 17.0. The molecule has 0 atom stereocenters. The number of nitrogens with zero attached hydrogens (tertiary/aromatic N) is 2. The van der Waals surface area contributed by atoms with Crippen LogP contribution in [0, 0.1) is 0 Å². The van der Waals surface area contributed by atoms with Gasteiger partial charge in [0.25, 0.3) is 11.8 Å². The molecule has 1 aromatic carbocycles. The minimum Gasteiger partial charge on any atom is -0.377 e. The number of urea groups is 1. The number of halogens is 1. The highest BCUT2D eigenvalue weighted by Gasteiger charge is 2.34. The Hall–Kier alpha value is -2.41. The lowest BCUT2D eigenvalue weighted by Crippen LogP contribution is -2.54. The summed E-state index contributed by atoms with van der Waals surface area (Å²) in [4.78, 5) is 38.8. The van der Waals surface area contributed by atoms with Crippen molar-refractivity contribution in [2.75, 3.05) is 25.5 Å². The first-order valence-electron chi connectivity index (χ1n) is 6.81. The molecule has 4 amide bonds. The minimum atomic E-state index is -0.735. The summed E-state index contributed by atoms with van der Waals surface area (Å²) in [6, 6.07) is 4.73. The van der Waals surface area contributed by atoms with Crippen molar-refractivity contribution in [2.24, 2.45) is 0 Å². The molecule has 1 saturated heterocycles. The molecule has 1 fully saturated rings. The van der Waals surface area contributed by atoms with Crippen molar-refractivity contribution in [2.45, 2.75) is 0 Å². The molecule has 0 aromatic heterocycles. The topological polar surface area (TPSA) is 69.7 Å².